The summed E-state index contributed by atoms with van der Waals surface area (Å²) in [5.74, 6) is 0. The fraction of sp³-hybridized carbons (Fsp3) is 0.182. The predicted octanol–water partition coefficient (Wildman–Crippen LogP) is 5.28. The SMILES string of the molecule is c1ccc(CCP(CCc2ccccc2)c2ccccc2)cc1. The van der Waals surface area contributed by atoms with E-state index in [0.717, 1.165) is 0 Å². The molecule has 0 aliphatic rings. The first-order valence-corrected chi connectivity index (χ1v) is 10.0. The van der Waals surface area contributed by atoms with Crippen molar-refractivity contribution >= 4 is 13.2 Å². The number of aryl methyl sites for hydroxylation is 2. The van der Waals surface area contributed by atoms with Crippen LogP contribution < -0.4 is 5.30 Å². The van der Waals surface area contributed by atoms with Crippen LogP contribution in [0.1, 0.15) is 11.1 Å². The van der Waals surface area contributed by atoms with Crippen molar-refractivity contribution < 1.29 is 0 Å². The third-order valence-electron chi connectivity index (χ3n) is 4.15. The van der Waals surface area contributed by atoms with Crippen LogP contribution in [0.15, 0.2) is 91.0 Å². The lowest BCUT2D eigenvalue weighted by Crippen LogP contribution is -2.09. The minimum Gasteiger partial charge on any atom is -0.0747 e. The van der Waals surface area contributed by atoms with E-state index in [1.807, 2.05) is 0 Å². The topological polar surface area (TPSA) is 0 Å². The highest BCUT2D eigenvalue weighted by molar-refractivity contribution is 7.65. The highest BCUT2D eigenvalue weighted by Crippen LogP contribution is 2.35. The second-order valence-electron chi connectivity index (χ2n) is 5.79. The maximum atomic E-state index is 2.31. The molecule has 0 unspecified atom stereocenters. The molecule has 3 rings (SSSR count). The second-order valence-corrected chi connectivity index (χ2v) is 8.28. The van der Waals surface area contributed by atoms with Gasteiger partial charge in [0.05, 0.1) is 0 Å². The highest BCUT2D eigenvalue weighted by Gasteiger charge is 2.11. The standard InChI is InChI=1S/C22H23P/c1-4-10-20(11-5-1)16-18-23(22-14-8-3-9-15-22)19-17-21-12-6-2-7-13-21/h1-15H,16-19H2. The summed E-state index contributed by atoms with van der Waals surface area (Å²) in [6.07, 6.45) is 4.90. The average Bonchev–Trinajstić information content (AvgIpc) is 2.64. The van der Waals surface area contributed by atoms with Crippen molar-refractivity contribution in [2.24, 2.45) is 0 Å². The molecule has 0 radical (unpaired) electrons. The Kier molecular flexibility index (Phi) is 6.01. The first kappa shape index (κ1) is 16.0. The molecule has 0 saturated carbocycles. The molecule has 0 atom stereocenters. The molecule has 0 nitrogen and oxygen atoms in total. The lowest BCUT2D eigenvalue weighted by Gasteiger charge is -2.18. The maximum Gasteiger partial charge on any atom is -0.0236 e. The van der Waals surface area contributed by atoms with E-state index in [9.17, 15) is 0 Å². The van der Waals surface area contributed by atoms with E-state index in [1.165, 1.54) is 41.6 Å². The molecule has 3 aromatic carbocycles. The summed E-state index contributed by atoms with van der Waals surface area (Å²) in [7, 11) is -0.103. The van der Waals surface area contributed by atoms with Gasteiger partial charge in [0, 0.05) is 0 Å². The van der Waals surface area contributed by atoms with Crippen LogP contribution in [-0.2, 0) is 12.8 Å². The van der Waals surface area contributed by atoms with E-state index in [0.29, 0.717) is 0 Å². The molecule has 0 heterocycles. The van der Waals surface area contributed by atoms with Crippen LogP contribution in [0.3, 0.4) is 0 Å². The summed E-state index contributed by atoms with van der Waals surface area (Å²) in [6.45, 7) is 0. The molecule has 0 N–H and O–H groups in total. The molecule has 0 bridgehead atoms. The van der Waals surface area contributed by atoms with Crippen molar-refractivity contribution in [1.29, 1.82) is 0 Å². The van der Waals surface area contributed by atoms with Gasteiger partial charge in [0.2, 0.25) is 0 Å². The van der Waals surface area contributed by atoms with Crippen LogP contribution in [0.5, 0.6) is 0 Å². The van der Waals surface area contributed by atoms with E-state index in [4.69, 9.17) is 0 Å². The maximum absolute atomic E-state index is 2.31. The van der Waals surface area contributed by atoms with E-state index < -0.39 is 0 Å². The Balaban J connectivity index is 1.66. The van der Waals surface area contributed by atoms with Gasteiger partial charge in [0.1, 0.15) is 0 Å². The van der Waals surface area contributed by atoms with Gasteiger partial charge < -0.3 is 0 Å². The summed E-state index contributed by atoms with van der Waals surface area (Å²) in [6, 6.07) is 32.8. The molecule has 0 aliphatic carbocycles. The van der Waals surface area contributed by atoms with Gasteiger partial charge in [-0.3, -0.25) is 0 Å². The van der Waals surface area contributed by atoms with Crippen LogP contribution >= 0.6 is 7.92 Å². The molecular formula is C22H23P. The number of rotatable bonds is 7. The van der Waals surface area contributed by atoms with E-state index >= 15 is 0 Å². The van der Waals surface area contributed by atoms with Crippen molar-refractivity contribution in [2.75, 3.05) is 12.3 Å². The third-order valence-corrected chi connectivity index (χ3v) is 6.70. The Morgan fingerprint density at radius 3 is 1.30 bits per heavy atom. The molecular weight excluding hydrogens is 295 g/mol. The minimum absolute atomic E-state index is 0.103. The number of benzene rings is 3. The fourth-order valence-corrected chi connectivity index (χ4v) is 5.22. The van der Waals surface area contributed by atoms with Gasteiger partial charge in [-0.05, 0) is 41.6 Å². The monoisotopic (exact) mass is 318 g/mol. The van der Waals surface area contributed by atoms with Crippen molar-refractivity contribution in [1.82, 2.24) is 0 Å². The summed E-state index contributed by atoms with van der Waals surface area (Å²) in [4.78, 5) is 0. The van der Waals surface area contributed by atoms with E-state index in [1.54, 1.807) is 0 Å². The van der Waals surface area contributed by atoms with Gasteiger partial charge in [-0.1, -0.05) is 98.9 Å². The second kappa shape index (κ2) is 8.65. The van der Waals surface area contributed by atoms with E-state index in [2.05, 4.69) is 91.0 Å². The molecule has 116 valence electrons. The lowest BCUT2D eigenvalue weighted by molar-refractivity contribution is 1.11. The minimum atomic E-state index is -0.103. The molecule has 0 aromatic heterocycles. The molecule has 0 spiro atoms. The highest BCUT2D eigenvalue weighted by atomic mass is 31.1. The number of hydrogen-bond acceptors (Lipinski definition) is 0. The zero-order valence-corrected chi connectivity index (χ0v) is 14.3. The molecule has 0 aliphatic heterocycles. The van der Waals surface area contributed by atoms with Crippen molar-refractivity contribution in [3.05, 3.63) is 102 Å². The van der Waals surface area contributed by atoms with Gasteiger partial charge in [-0.25, -0.2) is 0 Å². The van der Waals surface area contributed by atoms with Crippen molar-refractivity contribution in [3.8, 4) is 0 Å². The first-order valence-electron chi connectivity index (χ1n) is 8.30. The van der Waals surface area contributed by atoms with Gasteiger partial charge in [0.15, 0.2) is 0 Å². The van der Waals surface area contributed by atoms with Crippen molar-refractivity contribution in [2.45, 2.75) is 12.8 Å². The van der Waals surface area contributed by atoms with Crippen molar-refractivity contribution in [3.63, 3.8) is 0 Å². The van der Waals surface area contributed by atoms with Crippen LogP contribution in [-0.4, -0.2) is 12.3 Å². The molecule has 0 saturated heterocycles. The Bertz CT molecular complexity index is 633. The Labute approximate surface area is 141 Å². The molecule has 1 heteroatoms. The first-order chi connectivity index (χ1) is 11.4. The van der Waals surface area contributed by atoms with Gasteiger partial charge in [-0.15, -0.1) is 0 Å². The normalized spacial score (nSPS) is 10.8. The largest absolute Gasteiger partial charge is 0.0747 e. The summed E-state index contributed by atoms with van der Waals surface area (Å²) in [5.41, 5.74) is 2.91. The van der Waals surface area contributed by atoms with Gasteiger partial charge in [-0.2, -0.15) is 0 Å². The van der Waals surface area contributed by atoms with E-state index in [-0.39, 0.29) is 7.92 Å². The zero-order chi connectivity index (χ0) is 15.7. The Morgan fingerprint density at radius 1 is 0.478 bits per heavy atom. The Morgan fingerprint density at radius 2 is 0.870 bits per heavy atom. The molecule has 23 heavy (non-hydrogen) atoms. The molecule has 0 amide bonds. The van der Waals surface area contributed by atoms with Crippen LogP contribution in [0.4, 0.5) is 0 Å². The van der Waals surface area contributed by atoms with Crippen LogP contribution in [0.25, 0.3) is 0 Å². The number of hydrogen-bond donors (Lipinski definition) is 0. The molecule has 0 fully saturated rings. The van der Waals surface area contributed by atoms with Crippen LogP contribution in [0, 0.1) is 0 Å². The Hall–Kier alpha value is -1.91. The quantitative estimate of drug-likeness (QED) is 0.520. The zero-order valence-electron chi connectivity index (χ0n) is 13.4. The van der Waals surface area contributed by atoms with Crippen LogP contribution in [0.2, 0.25) is 0 Å². The summed E-state index contributed by atoms with van der Waals surface area (Å²) in [5, 5.41) is 1.54. The smallest absolute Gasteiger partial charge is 0.0236 e. The average molecular weight is 318 g/mol. The third kappa shape index (κ3) is 5.05. The fourth-order valence-electron chi connectivity index (χ4n) is 2.83. The summed E-state index contributed by atoms with van der Waals surface area (Å²) >= 11 is 0. The molecule has 3 aromatic rings. The van der Waals surface area contributed by atoms with Gasteiger partial charge >= 0.3 is 0 Å². The lowest BCUT2D eigenvalue weighted by atomic mass is 10.2. The summed E-state index contributed by atoms with van der Waals surface area (Å²) < 4.78 is 0. The predicted molar refractivity (Wildman–Crippen MR) is 103 cm³/mol. The van der Waals surface area contributed by atoms with Gasteiger partial charge in [0.25, 0.3) is 0 Å².